The lowest BCUT2D eigenvalue weighted by atomic mass is 9.89. The number of hydrogen-bond donors (Lipinski definition) is 1. The highest BCUT2D eigenvalue weighted by molar-refractivity contribution is 7.18. The summed E-state index contributed by atoms with van der Waals surface area (Å²) in [6.45, 7) is 3.00. The molecular weight excluding hydrogens is 296 g/mol. The summed E-state index contributed by atoms with van der Waals surface area (Å²) in [5.41, 5.74) is 1.26. The van der Waals surface area contributed by atoms with Gasteiger partial charge in [-0.2, -0.15) is 5.10 Å². The Bertz CT molecular complexity index is 862. The molecule has 0 radical (unpaired) electrons. The van der Waals surface area contributed by atoms with Crippen LogP contribution < -0.4 is 5.56 Å². The molecule has 0 aliphatic heterocycles. The SMILES string of the molecule is CC1CCc2c(sc3nc(CCn4cccn4)[nH]c(=O)c23)C1. The van der Waals surface area contributed by atoms with Crippen LogP contribution in [-0.2, 0) is 25.8 Å². The largest absolute Gasteiger partial charge is 0.310 e. The lowest BCUT2D eigenvalue weighted by Gasteiger charge is -2.17. The van der Waals surface area contributed by atoms with Gasteiger partial charge in [-0.15, -0.1) is 11.3 Å². The minimum absolute atomic E-state index is 0.0209. The quantitative estimate of drug-likeness (QED) is 0.808. The topological polar surface area (TPSA) is 63.6 Å². The predicted octanol–water partition coefficient (Wildman–Crippen LogP) is 2.55. The molecule has 0 fully saturated rings. The highest BCUT2D eigenvalue weighted by atomic mass is 32.1. The first-order chi connectivity index (χ1) is 10.7. The second-order valence-electron chi connectivity index (χ2n) is 6.06. The number of aromatic amines is 1. The van der Waals surface area contributed by atoms with Crippen LogP contribution in [0.2, 0.25) is 0 Å². The van der Waals surface area contributed by atoms with Crippen molar-refractivity contribution in [1.29, 1.82) is 0 Å². The number of aryl methyl sites for hydroxylation is 3. The molecule has 0 amide bonds. The van der Waals surface area contributed by atoms with Crippen LogP contribution in [0.1, 0.15) is 29.6 Å². The maximum absolute atomic E-state index is 12.5. The molecule has 4 rings (SSSR count). The van der Waals surface area contributed by atoms with Crippen molar-refractivity contribution in [2.45, 2.75) is 39.2 Å². The Morgan fingerprint density at radius 2 is 2.41 bits per heavy atom. The molecule has 1 atom stereocenters. The zero-order valence-corrected chi connectivity index (χ0v) is 13.3. The summed E-state index contributed by atoms with van der Waals surface area (Å²) in [4.78, 5) is 22.4. The number of nitrogens with one attached hydrogen (secondary N) is 1. The van der Waals surface area contributed by atoms with Crippen molar-refractivity contribution in [2.75, 3.05) is 0 Å². The van der Waals surface area contributed by atoms with E-state index in [1.807, 2.05) is 16.9 Å². The van der Waals surface area contributed by atoms with Gasteiger partial charge in [-0.1, -0.05) is 6.92 Å². The molecule has 1 unspecified atom stereocenters. The van der Waals surface area contributed by atoms with Crippen LogP contribution in [0.3, 0.4) is 0 Å². The van der Waals surface area contributed by atoms with Crippen molar-refractivity contribution in [3.8, 4) is 0 Å². The third kappa shape index (κ3) is 2.37. The van der Waals surface area contributed by atoms with Gasteiger partial charge in [0.2, 0.25) is 0 Å². The van der Waals surface area contributed by atoms with E-state index in [2.05, 4.69) is 22.0 Å². The molecule has 0 saturated carbocycles. The number of hydrogen-bond acceptors (Lipinski definition) is 4. The van der Waals surface area contributed by atoms with E-state index in [1.54, 1.807) is 17.5 Å². The Labute approximate surface area is 132 Å². The first kappa shape index (κ1) is 13.7. The normalized spacial score (nSPS) is 17.8. The summed E-state index contributed by atoms with van der Waals surface area (Å²) >= 11 is 1.70. The second-order valence-corrected chi connectivity index (χ2v) is 7.15. The fourth-order valence-corrected chi connectivity index (χ4v) is 4.57. The van der Waals surface area contributed by atoms with Gasteiger partial charge in [0.1, 0.15) is 10.7 Å². The molecule has 22 heavy (non-hydrogen) atoms. The molecule has 0 aromatic carbocycles. The lowest BCUT2D eigenvalue weighted by molar-refractivity contribution is 0.509. The van der Waals surface area contributed by atoms with Crippen LogP contribution in [0.5, 0.6) is 0 Å². The summed E-state index contributed by atoms with van der Waals surface area (Å²) in [6.07, 6.45) is 7.62. The molecule has 5 nitrogen and oxygen atoms in total. The molecule has 0 bridgehead atoms. The van der Waals surface area contributed by atoms with E-state index in [1.165, 1.54) is 16.9 Å². The maximum atomic E-state index is 12.5. The Morgan fingerprint density at radius 1 is 1.50 bits per heavy atom. The summed E-state index contributed by atoms with van der Waals surface area (Å²) in [5, 5.41) is 5.01. The lowest BCUT2D eigenvalue weighted by Crippen LogP contribution is -2.15. The number of aromatic nitrogens is 4. The standard InChI is InChI=1S/C16H18N4OS/c1-10-3-4-11-12(9-10)22-16-14(11)15(21)18-13(19-16)5-8-20-7-2-6-17-20/h2,6-7,10H,3-5,8-9H2,1H3,(H,18,19,21). The van der Waals surface area contributed by atoms with Gasteiger partial charge in [-0.25, -0.2) is 4.98 Å². The first-order valence-electron chi connectivity index (χ1n) is 7.71. The van der Waals surface area contributed by atoms with Crippen LogP contribution in [0.25, 0.3) is 10.2 Å². The molecule has 1 aliphatic carbocycles. The van der Waals surface area contributed by atoms with Crippen LogP contribution in [-0.4, -0.2) is 19.7 Å². The van der Waals surface area contributed by atoms with Gasteiger partial charge in [-0.05, 0) is 36.8 Å². The third-order valence-electron chi connectivity index (χ3n) is 4.35. The monoisotopic (exact) mass is 314 g/mol. The third-order valence-corrected chi connectivity index (χ3v) is 5.50. The molecule has 3 heterocycles. The van der Waals surface area contributed by atoms with E-state index in [4.69, 9.17) is 0 Å². The Morgan fingerprint density at radius 3 is 3.23 bits per heavy atom. The average molecular weight is 314 g/mol. The smallest absolute Gasteiger partial charge is 0.259 e. The van der Waals surface area contributed by atoms with Gasteiger partial charge in [0.25, 0.3) is 5.56 Å². The van der Waals surface area contributed by atoms with Gasteiger partial charge >= 0.3 is 0 Å². The van der Waals surface area contributed by atoms with Crippen LogP contribution >= 0.6 is 11.3 Å². The highest BCUT2D eigenvalue weighted by Gasteiger charge is 2.22. The second kappa shape index (κ2) is 5.35. The number of H-pyrrole nitrogens is 1. The summed E-state index contributed by atoms with van der Waals surface area (Å²) < 4.78 is 1.85. The van der Waals surface area contributed by atoms with E-state index >= 15 is 0 Å². The summed E-state index contributed by atoms with van der Waals surface area (Å²) in [7, 11) is 0. The molecule has 0 spiro atoms. The van der Waals surface area contributed by atoms with Crippen molar-refractivity contribution >= 4 is 21.6 Å². The number of rotatable bonds is 3. The van der Waals surface area contributed by atoms with Crippen molar-refractivity contribution in [3.05, 3.63) is 45.1 Å². The maximum Gasteiger partial charge on any atom is 0.259 e. The number of fused-ring (bicyclic) bond motifs is 3. The van der Waals surface area contributed by atoms with Crippen molar-refractivity contribution < 1.29 is 0 Å². The van der Waals surface area contributed by atoms with E-state index in [9.17, 15) is 4.79 Å². The molecule has 6 heteroatoms. The number of thiophene rings is 1. The zero-order valence-electron chi connectivity index (χ0n) is 12.5. The highest BCUT2D eigenvalue weighted by Crippen LogP contribution is 2.35. The molecule has 0 saturated heterocycles. The number of nitrogens with zero attached hydrogens (tertiary/aromatic N) is 3. The van der Waals surface area contributed by atoms with Gasteiger partial charge in [-0.3, -0.25) is 9.48 Å². The van der Waals surface area contributed by atoms with E-state index in [-0.39, 0.29) is 5.56 Å². The minimum atomic E-state index is 0.0209. The average Bonchev–Trinajstić information content (AvgIpc) is 3.11. The van der Waals surface area contributed by atoms with Crippen LogP contribution in [0.15, 0.2) is 23.3 Å². The summed E-state index contributed by atoms with van der Waals surface area (Å²) in [5.74, 6) is 1.46. The fraction of sp³-hybridized carbons (Fsp3) is 0.438. The van der Waals surface area contributed by atoms with Crippen LogP contribution in [0, 0.1) is 5.92 Å². The van der Waals surface area contributed by atoms with Gasteiger partial charge < -0.3 is 4.98 Å². The first-order valence-corrected chi connectivity index (χ1v) is 8.53. The van der Waals surface area contributed by atoms with Gasteiger partial charge in [0.05, 0.1) is 5.39 Å². The zero-order chi connectivity index (χ0) is 15.1. The Kier molecular flexibility index (Phi) is 3.33. The van der Waals surface area contributed by atoms with Gasteiger partial charge in [0, 0.05) is 30.2 Å². The van der Waals surface area contributed by atoms with E-state index in [0.29, 0.717) is 12.3 Å². The minimum Gasteiger partial charge on any atom is -0.310 e. The molecule has 3 aromatic heterocycles. The Hall–Kier alpha value is -1.95. The van der Waals surface area contributed by atoms with Gasteiger partial charge in [0.15, 0.2) is 0 Å². The molecule has 1 N–H and O–H groups in total. The van der Waals surface area contributed by atoms with Crippen molar-refractivity contribution in [3.63, 3.8) is 0 Å². The predicted molar refractivity (Wildman–Crippen MR) is 87.4 cm³/mol. The van der Waals surface area contributed by atoms with Crippen molar-refractivity contribution in [1.82, 2.24) is 19.7 Å². The van der Waals surface area contributed by atoms with E-state index in [0.717, 1.165) is 35.4 Å². The molecule has 114 valence electrons. The Balaban J connectivity index is 1.69. The molecule has 3 aromatic rings. The summed E-state index contributed by atoms with van der Waals surface area (Å²) in [6, 6.07) is 1.90. The molecular formula is C16H18N4OS. The van der Waals surface area contributed by atoms with Crippen LogP contribution in [0.4, 0.5) is 0 Å². The molecule has 1 aliphatic rings. The fourth-order valence-electron chi connectivity index (χ4n) is 3.16. The van der Waals surface area contributed by atoms with Crippen molar-refractivity contribution in [2.24, 2.45) is 5.92 Å². The van der Waals surface area contributed by atoms with E-state index < -0.39 is 0 Å².